The van der Waals surface area contributed by atoms with Crippen molar-refractivity contribution >= 4 is 32.8 Å². The Labute approximate surface area is 148 Å². The van der Waals surface area contributed by atoms with Crippen LogP contribution in [0, 0.1) is 0 Å². The van der Waals surface area contributed by atoms with Gasteiger partial charge in [-0.1, -0.05) is 46.3 Å². The van der Waals surface area contributed by atoms with Gasteiger partial charge >= 0.3 is 5.97 Å². The molecule has 0 bridgehead atoms. The lowest BCUT2D eigenvalue weighted by molar-refractivity contribution is -0.143. The highest BCUT2D eigenvalue weighted by molar-refractivity contribution is 9.10. The van der Waals surface area contributed by atoms with Crippen LogP contribution in [0.2, 0.25) is 0 Å². The van der Waals surface area contributed by atoms with Gasteiger partial charge in [0.25, 0.3) is 0 Å². The number of ether oxygens (including phenoxy) is 1. The summed E-state index contributed by atoms with van der Waals surface area (Å²) in [4.78, 5) is 15.7. The molecule has 5 heteroatoms. The topological polar surface area (TPSA) is 54.1 Å². The number of aromatic amines is 1. The fourth-order valence-corrected chi connectivity index (χ4v) is 3.89. The molecule has 0 radical (unpaired) electrons. The van der Waals surface area contributed by atoms with Crippen LogP contribution >= 0.6 is 15.9 Å². The first-order valence-electron chi connectivity index (χ1n) is 7.86. The van der Waals surface area contributed by atoms with E-state index in [1.54, 1.807) is 0 Å². The average Bonchev–Trinajstić information content (AvgIpc) is 2.99. The second-order valence-electron chi connectivity index (χ2n) is 6.00. The van der Waals surface area contributed by atoms with Gasteiger partial charge in [0.15, 0.2) is 0 Å². The Kier molecular flexibility index (Phi) is 3.90. The predicted molar refractivity (Wildman–Crippen MR) is 96.9 cm³/mol. The summed E-state index contributed by atoms with van der Waals surface area (Å²) >= 11 is 3.53. The van der Waals surface area contributed by atoms with Crippen molar-refractivity contribution in [3.63, 3.8) is 0 Å². The molecular weight excluding hydrogens is 368 g/mol. The molecule has 0 saturated heterocycles. The molecule has 2 atom stereocenters. The van der Waals surface area contributed by atoms with Gasteiger partial charge in [-0.15, -0.1) is 0 Å². The lowest BCUT2D eigenvalue weighted by atomic mass is 9.90. The minimum absolute atomic E-state index is 0.0808. The van der Waals surface area contributed by atoms with Gasteiger partial charge in [-0.05, 0) is 29.3 Å². The molecule has 0 unspecified atom stereocenters. The first-order chi connectivity index (χ1) is 11.7. The third-order valence-corrected chi connectivity index (χ3v) is 5.07. The molecule has 2 N–H and O–H groups in total. The molecule has 0 aliphatic carbocycles. The van der Waals surface area contributed by atoms with Crippen molar-refractivity contribution in [3.8, 4) is 0 Å². The van der Waals surface area contributed by atoms with E-state index >= 15 is 0 Å². The largest absolute Gasteiger partial charge is 0.468 e. The summed E-state index contributed by atoms with van der Waals surface area (Å²) in [5.41, 5.74) is 4.50. The molecule has 0 fully saturated rings. The Bertz CT molecular complexity index is 919. The first kappa shape index (κ1) is 15.4. The Morgan fingerprint density at radius 1 is 1.21 bits per heavy atom. The number of carbonyl (C=O) groups excluding carboxylic acids is 1. The third-order valence-electron chi connectivity index (χ3n) is 4.58. The highest BCUT2D eigenvalue weighted by Gasteiger charge is 2.34. The Hall–Kier alpha value is -2.11. The quantitative estimate of drug-likeness (QED) is 0.662. The second kappa shape index (κ2) is 6.07. The number of aromatic nitrogens is 1. The predicted octanol–water partition coefficient (Wildman–Crippen LogP) is 3.71. The van der Waals surface area contributed by atoms with Crippen LogP contribution in [0.3, 0.4) is 0 Å². The van der Waals surface area contributed by atoms with Crippen LogP contribution < -0.4 is 5.32 Å². The summed E-state index contributed by atoms with van der Waals surface area (Å²) in [5.74, 6) is -0.231. The zero-order chi connectivity index (χ0) is 16.7. The Balaban J connectivity index is 1.88. The molecule has 24 heavy (non-hydrogen) atoms. The fourth-order valence-electron chi connectivity index (χ4n) is 3.48. The zero-order valence-electron chi connectivity index (χ0n) is 13.2. The molecule has 3 aromatic rings. The lowest BCUT2D eigenvalue weighted by Gasteiger charge is -2.30. The highest BCUT2D eigenvalue weighted by atomic mass is 79.9. The summed E-state index contributed by atoms with van der Waals surface area (Å²) in [6, 6.07) is 15.9. The number of hydrogen-bond acceptors (Lipinski definition) is 3. The number of esters is 1. The molecule has 0 amide bonds. The van der Waals surface area contributed by atoms with E-state index in [2.05, 4.69) is 50.5 Å². The van der Waals surface area contributed by atoms with E-state index in [0.717, 1.165) is 21.2 Å². The molecule has 0 saturated carbocycles. The van der Waals surface area contributed by atoms with Crippen molar-refractivity contribution in [2.45, 2.75) is 18.5 Å². The van der Waals surface area contributed by atoms with Crippen molar-refractivity contribution in [3.05, 3.63) is 69.8 Å². The molecule has 2 heterocycles. The number of hydrogen-bond donors (Lipinski definition) is 2. The number of benzene rings is 2. The van der Waals surface area contributed by atoms with E-state index in [0.29, 0.717) is 6.42 Å². The molecular formula is C19H17BrN2O2. The zero-order valence-corrected chi connectivity index (χ0v) is 14.8. The van der Waals surface area contributed by atoms with Gasteiger partial charge in [0.2, 0.25) is 0 Å². The maximum atomic E-state index is 12.2. The Morgan fingerprint density at radius 2 is 2.04 bits per heavy atom. The summed E-state index contributed by atoms with van der Waals surface area (Å²) in [7, 11) is 1.43. The SMILES string of the molecule is COC(=O)[C@H]1Cc2c([nH]c3ccccc23)[C@H](c2cccc(Br)c2)N1. The van der Waals surface area contributed by atoms with Gasteiger partial charge in [0.05, 0.1) is 13.2 Å². The number of rotatable bonds is 2. The van der Waals surface area contributed by atoms with Crippen LogP contribution in [0.25, 0.3) is 10.9 Å². The van der Waals surface area contributed by atoms with Crippen LogP contribution in [0.1, 0.15) is 22.9 Å². The number of fused-ring (bicyclic) bond motifs is 3. The van der Waals surface area contributed by atoms with Gasteiger partial charge in [-0.3, -0.25) is 10.1 Å². The fraction of sp³-hybridized carbons (Fsp3) is 0.211. The average molecular weight is 385 g/mol. The molecule has 122 valence electrons. The summed E-state index contributed by atoms with van der Waals surface area (Å²) in [5, 5.41) is 4.61. The minimum atomic E-state index is -0.356. The van der Waals surface area contributed by atoms with Crippen LogP contribution in [0.5, 0.6) is 0 Å². The number of H-pyrrole nitrogens is 1. The molecule has 4 nitrogen and oxygen atoms in total. The van der Waals surface area contributed by atoms with Crippen LogP contribution in [0.4, 0.5) is 0 Å². The van der Waals surface area contributed by atoms with E-state index in [9.17, 15) is 4.79 Å². The van der Waals surface area contributed by atoms with Crippen LogP contribution in [0.15, 0.2) is 53.0 Å². The van der Waals surface area contributed by atoms with Crippen molar-refractivity contribution in [1.29, 1.82) is 0 Å². The van der Waals surface area contributed by atoms with Crippen LogP contribution in [-0.4, -0.2) is 24.1 Å². The van der Waals surface area contributed by atoms with Crippen molar-refractivity contribution in [2.75, 3.05) is 7.11 Å². The molecule has 1 aliphatic heterocycles. The van der Waals surface area contributed by atoms with Crippen LogP contribution in [-0.2, 0) is 16.0 Å². The molecule has 2 aromatic carbocycles. The van der Waals surface area contributed by atoms with Gasteiger partial charge in [0.1, 0.15) is 6.04 Å². The van der Waals surface area contributed by atoms with E-state index in [1.807, 2.05) is 24.3 Å². The normalized spacial score (nSPS) is 19.9. The molecule has 4 rings (SSSR count). The highest BCUT2D eigenvalue weighted by Crippen LogP contribution is 2.35. The Morgan fingerprint density at radius 3 is 2.83 bits per heavy atom. The van der Waals surface area contributed by atoms with Crippen molar-refractivity contribution in [1.82, 2.24) is 10.3 Å². The third kappa shape index (κ3) is 2.54. The number of halogens is 1. The van der Waals surface area contributed by atoms with Crippen molar-refractivity contribution in [2.24, 2.45) is 0 Å². The minimum Gasteiger partial charge on any atom is -0.468 e. The monoisotopic (exact) mass is 384 g/mol. The van der Waals surface area contributed by atoms with E-state index in [1.165, 1.54) is 18.1 Å². The molecule has 1 aliphatic rings. The number of para-hydroxylation sites is 1. The first-order valence-corrected chi connectivity index (χ1v) is 8.65. The standard InChI is InChI=1S/C19H17BrN2O2/c1-24-19(23)16-10-14-13-7-2-3-8-15(13)21-18(14)17(22-16)11-5-4-6-12(20)9-11/h2-9,16-17,21-22H,10H2,1H3/t16-,17+/m1/s1. The molecule has 1 aromatic heterocycles. The maximum Gasteiger partial charge on any atom is 0.323 e. The van der Waals surface area contributed by atoms with Gasteiger partial charge in [-0.25, -0.2) is 0 Å². The van der Waals surface area contributed by atoms with Gasteiger partial charge in [-0.2, -0.15) is 0 Å². The number of nitrogens with one attached hydrogen (secondary N) is 2. The van der Waals surface area contributed by atoms with Gasteiger partial charge in [0, 0.05) is 27.5 Å². The van der Waals surface area contributed by atoms with Gasteiger partial charge < -0.3 is 9.72 Å². The van der Waals surface area contributed by atoms with E-state index in [-0.39, 0.29) is 18.1 Å². The van der Waals surface area contributed by atoms with Crippen molar-refractivity contribution < 1.29 is 9.53 Å². The lowest BCUT2D eigenvalue weighted by Crippen LogP contribution is -2.45. The van der Waals surface area contributed by atoms with E-state index in [4.69, 9.17) is 4.74 Å². The van der Waals surface area contributed by atoms with E-state index < -0.39 is 0 Å². The number of methoxy groups -OCH3 is 1. The number of carbonyl (C=O) groups is 1. The molecule has 0 spiro atoms. The summed E-state index contributed by atoms with van der Waals surface area (Å²) in [6.45, 7) is 0. The summed E-state index contributed by atoms with van der Waals surface area (Å²) in [6.07, 6.45) is 0.622. The summed E-state index contributed by atoms with van der Waals surface area (Å²) < 4.78 is 5.99. The second-order valence-corrected chi connectivity index (χ2v) is 6.91. The maximum absolute atomic E-state index is 12.2. The smallest absolute Gasteiger partial charge is 0.323 e.